The number of hydrogen-bond donors (Lipinski definition) is 0. The monoisotopic (exact) mass is 241 g/mol. The number of benzene rings is 1. The van der Waals surface area contributed by atoms with Crippen LogP contribution in [0.25, 0.3) is 11.4 Å². The fourth-order valence-electron chi connectivity index (χ4n) is 1.05. The summed E-state index contributed by atoms with van der Waals surface area (Å²) >= 11 is 6.71. The first-order valence-corrected chi connectivity index (χ1v) is 5.06. The predicted molar refractivity (Wildman–Crippen MR) is 57.0 cm³/mol. The molecular formula is C8H4ClN3O2S. The Hall–Kier alpha value is -1.53. The maximum Gasteiger partial charge on any atom is 0.269 e. The average molecular weight is 242 g/mol. The quantitative estimate of drug-likeness (QED) is 0.599. The molecule has 0 saturated heterocycles. The third-order valence-electron chi connectivity index (χ3n) is 1.74. The molecule has 0 radical (unpaired) electrons. The summed E-state index contributed by atoms with van der Waals surface area (Å²) in [6.07, 6.45) is 0. The Morgan fingerprint density at radius 1 is 1.33 bits per heavy atom. The second kappa shape index (κ2) is 3.92. The molecule has 1 heterocycles. The lowest BCUT2D eigenvalue weighted by molar-refractivity contribution is -0.384. The molecule has 0 aliphatic rings. The number of nitro groups is 1. The Balaban J connectivity index is 2.35. The topological polar surface area (TPSA) is 68.9 Å². The van der Waals surface area contributed by atoms with Crippen LogP contribution in [-0.2, 0) is 0 Å². The third kappa shape index (κ3) is 2.11. The summed E-state index contributed by atoms with van der Waals surface area (Å²) < 4.78 is 4.34. The van der Waals surface area contributed by atoms with Gasteiger partial charge in [-0.1, -0.05) is 0 Å². The van der Waals surface area contributed by atoms with Gasteiger partial charge in [0.25, 0.3) is 5.69 Å². The van der Waals surface area contributed by atoms with Gasteiger partial charge >= 0.3 is 0 Å². The minimum Gasteiger partial charge on any atom is -0.258 e. The molecule has 15 heavy (non-hydrogen) atoms. The van der Waals surface area contributed by atoms with Crippen molar-refractivity contribution in [3.8, 4) is 11.4 Å². The Labute approximate surface area is 93.7 Å². The molecule has 1 aromatic carbocycles. The smallest absolute Gasteiger partial charge is 0.258 e. The first-order valence-electron chi connectivity index (χ1n) is 3.91. The summed E-state index contributed by atoms with van der Waals surface area (Å²) in [7, 11) is 0. The van der Waals surface area contributed by atoms with Crippen molar-refractivity contribution in [3.63, 3.8) is 0 Å². The van der Waals surface area contributed by atoms with Crippen molar-refractivity contribution in [3.05, 3.63) is 38.8 Å². The van der Waals surface area contributed by atoms with Crippen LogP contribution < -0.4 is 0 Å². The van der Waals surface area contributed by atoms with E-state index < -0.39 is 4.92 Å². The van der Waals surface area contributed by atoms with Crippen LogP contribution in [0, 0.1) is 10.1 Å². The van der Waals surface area contributed by atoms with Crippen molar-refractivity contribution >= 4 is 28.8 Å². The molecule has 76 valence electrons. The van der Waals surface area contributed by atoms with Gasteiger partial charge in [0.1, 0.15) is 0 Å². The number of non-ortho nitro benzene ring substituents is 1. The minimum atomic E-state index is -0.453. The predicted octanol–water partition coefficient (Wildman–Crippen LogP) is 2.77. The number of rotatable bonds is 2. The summed E-state index contributed by atoms with van der Waals surface area (Å²) in [6, 6.07) is 6.00. The van der Waals surface area contributed by atoms with E-state index in [0.29, 0.717) is 15.9 Å². The molecule has 0 bridgehead atoms. The van der Waals surface area contributed by atoms with Gasteiger partial charge in [-0.05, 0) is 35.3 Å². The van der Waals surface area contributed by atoms with Crippen molar-refractivity contribution in [2.45, 2.75) is 0 Å². The van der Waals surface area contributed by atoms with Crippen LogP contribution >= 0.6 is 23.1 Å². The lowest BCUT2D eigenvalue weighted by Crippen LogP contribution is -1.87. The van der Waals surface area contributed by atoms with Gasteiger partial charge < -0.3 is 0 Å². The zero-order valence-corrected chi connectivity index (χ0v) is 8.83. The van der Waals surface area contributed by atoms with Crippen molar-refractivity contribution < 1.29 is 4.92 Å². The molecule has 0 saturated carbocycles. The van der Waals surface area contributed by atoms with Gasteiger partial charge in [0.2, 0.25) is 4.47 Å². The SMILES string of the molecule is O=[N+]([O-])c1ccc(-c2nsc(Cl)n2)cc1. The van der Waals surface area contributed by atoms with Crippen molar-refractivity contribution in [1.29, 1.82) is 0 Å². The molecule has 0 fully saturated rings. The van der Waals surface area contributed by atoms with E-state index in [4.69, 9.17) is 11.6 Å². The van der Waals surface area contributed by atoms with E-state index >= 15 is 0 Å². The molecule has 0 aliphatic carbocycles. The van der Waals surface area contributed by atoms with Crippen LogP contribution in [0.3, 0.4) is 0 Å². The highest BCUT2D eigenvalue weighted by Gasteiger charge is 2.08. The summed E-state index contributed by atoms with van der Waals surface area (Å²) in [6.45, 7) is 0. The summed E-state index contributed by atoms with van der Waals surface area (Å²) in [4.78, 5) is 13.9. The van der Waals surface area contributed by atoms with Gasteiger partial charge in [0.15, 0.2) is 5.82 Å². The van der Waals surface area contributed by atoms with Gasteiger partial charge in [-0.2, -0.15) is 4.37 Å². The summed E-state index contributed by atoms with van der Waals surface area (Å²) in [5.41, 5.74) is 0.754. The number of nitrogens with zero attached hydrogens (tertiary/aromatic N) is 3. The van der Waals surface area contributed by atoms with Gasteiger partial charge in [0, 0.05) is 17.7 Å². The molecule has 2 aromatic rings. The number of halogens is 1. The van der Waals surface area contributed by atoms with Crippen LogP contribution in [0.2, 0.25) is 4.47 Å². The van der Waals surface area contributed by atoms with E-state index in [2.05, 4.69) is 9.36 Å². The maximum atomic E-state index is 10.4. The highest BCUT2D eigenvalue weighted by Crippen LogP contribution is 2.22. The Morgan fingerprint density at radius 2 is 2.00 bits per heavy atom. The highest BCUT2D eigenvalue weighted by molar-refractivity contribution is 7.10. The molecular weight excluding hydrogens is 238 g/mol. The molecule has 2 rings (SSSR count). The second-order valence-corrected chi connectivity index (χ2v) is 4.01. The summed E-state index contributed by atoms with van der Waals surface area (Å²) in [5.74, 6) is 0.486. The van der Waals surface area contributed by atoms with E-state index in [0.717, 1.165) is 11.5 Å². The van der Waals surface area contributed by atoms with Crippen LogP contribution in [0.5, 0.6) is 0 Å². The molecule has 0 aliphatic heterocycles. The van der Waals surface area contributed by atoms with Crippen molar-refractivity contribution in [2.75, 3.05) is 0 Å². The first kappa shape index (κ1) is 10.0. The summed E-state index contributed by atoms with van der Waals surface area (Å²) in [5, 5.41) is 10.4. The lowest BCUT2D eigenvalue weighted by Gasteiger charge is -1.94. The highest BCUT2D eigenvalue weighted by atomic mass is 35.5. The Morgan fingerprint density at radius 3 is 2.47 bits per heavy atom. The van der Waals surface area contributed by atoms with Gasteiger partial charge in [-0.15, -0.1) is 0 Å². The molecule has 0 spiro atoms. The Bertz CT molecular complexity index is 497. The molecule has 0 unspecified atom stereocenters. The largest absolute Gasteiger partial charge is 0.269 e. The van der Waals surface area contributed by atoms with Gasteiger partial charge in [-0.3, -0.25) is 10.1 Å². The molecule has 5 nitrogen and oxygen atoms in total. The lowest BCUT2D eigenvalue weighted by atomic mass is 10.2. The minimum absolute atomic E-state index is 0.0417. The number of nitro benzene ring substituents is 1. The zero-order valence-electron chi connectivity index (χ0n) is 7.25. The molecule has 0 N–H and O–H groups in total. The van der Waals surface area contributed by atoms with Crippen LogP contribution in [-0.4, -0.2) is 14.3 Å². The Kier molecular flexibility index (Phi) is 2.61. The van der Waals surface area contributed by atoms with E-state index in [1.807, 2.05) is 0 Å². The first-order chi connectivity index (χ1) is 7.16. The fraction of sp³-hybridized carbons (Fsp3) is 0. The number of hydrogen-bond acceptors (Lipinski definition) is 5. The van der Waals surface area contributed by atoms with E-state index in [9.17, 15) is 10.1 Å². The average Bonchev–Trinajstić information content (AvgIpc) is 2.65. The van der Waals surface area contributed by atoms with E-state index in [-0.39, 0.29) is 5.69 Å². The maximum absolute atomic E-state index is 10.4. The zero-order chi connectivity index (χ0) is 10.8. The van der Waals surface area contributed by atoms with Gasteiger partial charge in [0.05, 0.1) is 4.92 Å². The third-order valence-corrected chi connectivity index (χ3v) is 2.54. The second-order valence-electron chi connectivity index (χ2n) is 2.67. The van der Waals surface area contributed by atoms with Crippen LogP contribution in [0.15, 0.2) is 24.3 Å². The normalized spacial score (nSPS) is 10.2. The number of aromatic nitrogens is 2. The van der Waals surface area contributed by atoms with Gasteiger partial charge in [-0.25, -0.2) is 4.98 Å². The molecule has 1 aromatic heterocycles. The fourth-order valence-corrected chi connectivity index (χ4v) is 1.67. The van der Waals surface area contributed by atoms with Crippen LogP contribution in [0.4, 0.5) is 5.69 Å². The molecule has 0 amide bonds. The van der Waals surface area contributed by atoms with Crippen LogP contribution in [0.1, 0.15) is 0 Å². The molecule has 7 heteroatoms. The molecule has 0 atom stereocenters. The standard InChI is InChI=1S/C8H4ClN3O2S/c9-8-10-7(11-15-8)5-1-3-6(4-2-5)12(13)14/h1-4H. The van der Waals surface area contributed by atoms with Crippen molar-refractivity contribution in [1.82, 2.24) is 9.36 Å². The van der Waals surface area contributed by atoms with Crippen molar-refractivity contribution in [2.24, 2.45) is 0 Å². The van der Waals surface area contributed by atoms with E-state index in [1.165, 1.54) is 12.1 Å². The van der Waals surface area contributed by atoms with E-state index in [1.54, 1.807) is 12.1 Å².